The SMILES string of the molecule is COc1cccc(NC(=O)C(C)(C)C(=O)NCCc2ccccc2)c1. The van der Waals surface area contributed by atoms with Gasteiger partial charge in [-0.15, -0.1) is 0 Å². The number of rotatable bonds is 7. The Labute approximate surface area is 148 Å². The lowest BCUT2D eigenvalue weighted by atomic mass is 9.91. The van der Waals surface area contributed by atoms with Gasteiger partial charge in [0.15, 0.2) is 0 Å². The van der Waals surface area contributed by atoms with Crippen LogP contribution in [0.4, 0.5) is 5.69 Å². The van der Waals surface area contributed by atoms with Gasteiger partial charge in [0.05, 0.1) is 7.11 Å². The first-order valence-corrected chi connectivity index (χ1v) is 8.21. The number of hydrogen-bond acceptors (Lipinski definition) is 3. The predicted molar refractivity (Wildman–Crippen MR) is 98.6 cm³/mol. The summed E-state index contributed by atoms with van der Waals surface area (Å²) in [6, 6.07) is 16.9. The average Bonchev–Trinajstić information content (AvgIpc) is 2.62. The van der Waals surface area contributed by atoms with Gasteiger partial charge in [-0.1, -0.05) is 36.4 Å². The van der Waals surface area contributed by atoms with Crippen LogP contribution in [0.25, 0.3) is 0 Å². The van der Waals surface area contributed by atoms with E-state index < -0.39 is 5.41 Å². The highest BCUT2D eigenvalue weighted by molar-refractivity contribution is 6.09. The monoisotopic (exact) mass is 340 g/mol. The van der Waals surface area contributed by atoms with E-state index in [0.29, 0.717) is 18.0 Å². The molecule has 132 valence electrons. The molecule has 2 aromatic rings. The first-order valence-electron chi connectivity index (χ1n) is 8.21. The smallest absolute Gasteiger partial charge is 0.239 e. The second-order valence-corrected chi connectivity index (χ2v) is 6.30. The van der Waals surface area contributed by atoms with E-state index in [9.17, 15) is 9.59 Å². The Kier molecular flexibility index (Phi) is 6.17. The van der Waals surface area contributed by atoms with Crippen LogP contribution < -0.4 is 15.4 Å². The van der Waals surface area contributed by atoms with Gasteiger partial charge in [-0.25, -0.2) is 0 Å². The molecule has 0 bridgehead atoms. The number of carbonyl (C=O) groups excluding carboxylic acids is 2. The Bertz CT molecular complexity index is 727. The number of hydrogen-bond donors (Lipinski definition) is 2. The van der Waals surface area contributed by atoms with Gasteiger partial charge >= 0.3 is 0 Å². The van der Waals surface area contributed by atoms with Crippen molar-refractivity contribution in [3.05, 3.63) is 60.2 Å². The van der Waals surface area contributed by atoms with Crippen LogP contribution in [0.2, 0.25) is 0 Å². The lowest BCUT2D eigenvalue weighted by Crippen LogP contribution is -2.45. The zero-order valence-electron chi connectivity index (χ0n) is 14.8. The minimum atomic E-state index is -1.18. The zero-order chi connectivity index (χ0) is 18.3. The molecule has 0 unspecified atom stereocenters. The van der Waals surface area contributed by atoms with Crippen molar-refractivity contribution in [2.24, 2.45) is 5.41 Å². The summed E-state index contributed by atoms with van der Waals surface area (Å²) < 4.78 is 5.13. The number of benzene rings is 2. The molecule has 5 heteroatoms. The van der Waals surface area contributed by atoms with Gasteiger partial charge in [-0.3, -0.25) is 9.59 Å². The molecule has 0 aliphatic heterocycles. The first kappa shape index (κ1) is 18.5. The fourth-order valence-corrected chi connectivity index (χ4v) is 2.28. The van der Waals surface area contributed by atoms with Crippen LogP contribution in [0.15, 0.2) is 54.6 Å². The third-order valence-corrected chi connectivity index (χ3v) is 4.00. The van der Waals surface area contributed by atoms with Crippen molar-refractivity contribution < 1.29 is 14.3 Å². The highest BCUT2D eigenvalue weighted by atomic mass is 16.5. The summed E-state index contributed by atoms with van der Waals surface area (Å²) in [4.78, 5) is 24.9. The molecule has 0 saturated heterocycles. The summed E-state index contributed by atoms with van der Waals surface area (Å²) in [6.07, 6.45) is 0.722. The van der Waals surface area contributed by atoms with Crippen LogP contribution in [0.3, 0.4) is 0 Å². The van der Waals surface area contributed by atoms with Crippen molar-refractivity contribution >= 4 is 17.5 Å². The molecule has 0 radical (unpaired) electrons. The molecule has 0 atom stereocenters. The molecule has 0 aliphatic carbocycles. The third kappa shape index (κ3) is 5.08. The van der Waals surface area contributed by atoms with Gasteiger partial charge in [0.2, 0.25) is 11.8 Å². The molecule has 0 aliphatic rings. The van der Waals surface area contributed by atoms with Gasteiger partial charge in [-0.05, 0) is 38.0 Å². The van der Waals surface area contributed by atoms with E-state index in [-0.39, 0.29) is 11.8 Å². The van der Waals surface area contributed by atoms with Gasteiger partial charge in [0.1, 0.15) is 11.2 Å². The Balaban J connectivity index is 1.91. The Morgan fingerprint density at radius 2 is 1.72 bits per heavy atom. The second kappa shape index (κ2) is 8.33. The van der Waals surface area contributed by atoms with E-state index in [2.05, 4.69) is 10.6 Å². The second-order valence-electron chi connectivity index (χ2n) is 6.30. The van der Waals surface area contributed by atoms with Crippen molar-refractivity contribution in [1.82, 2.24) is 5.32 Å². The normalized spacial score (nSPS) is 10.8. The van der Waals surface area contributed by atoms with Crippen molar-refractivity contribution in [3.8, 4) is 5.75 Å². The number of ether oxygens (including phenoxy) is 1. The summed E-state index contributed by atoms with van der Waals surface area (Å²) in [5.41, 5.74) is 0.552. The van der Waals surface area contributed by atoms with E-state index in [1.165, 1.54) is 0 Å². The molecule has 2 rings (SSSR count). The Morgan fingerprint density at radius 1 is 1.00 bits per heavy atom. The van der Waals surface area contributed by atoms with E-state index >= 15 is 0 Å². The number of nitrogens with one attached hydrogen (secondary N) is 2. The van der Waals surface area contributed by atoms with Crippen LogP contribution in [0.1, 0.15) is 19.4 Å². The molecular weight excluding hydrogens is 316 g/mol. The number of methoxy groups -OCH3 is 1. The van der Waals surface area contributed by atoms with Gasteiger partial charge in [0, 0.05) is 18.3 Å². The van der Waals surface area contributed by atoms with Crippen LogP contribution in [-0.4, -0.2) is 25.5 Å². The number of carbonyl (C=O) groups is 2. The maximum absolute atomic E-state index is 12.5. The summed E-state index contributed by atoms with van der Waals surface area (Å²) in [7, 11) is 1.56. The molecule has 0 saturated carbocycles. The van der Waals surface area contributed by atoms with E-state index in [1.807, 2.05) is 30.3 Å². The fourth-order valence-electron chi connectivity index (χ4n) is 2.28. The zero-order valence-corrected chi connectivity index (χ0v) is 14.8. The van der Waals surface area contributed by atoms with Crippen molar-refractivity contribution in [2.45, 2.75) is 20.3 Å². The quantitative estimate of drug-likeness (QED) is 0.761. The maximum Gasteiger partial charge on any atom is 0.239 e. The van der Waals surface area contributed by atoms with Crippen LogP contribution in [0, 0.1) is 5.41 Å². The van der Waals surface area contributed by atoms with Crippen molar-refractivity contribution in [2.75, 3.05) is 19.0 Å². The molecule has 0 aromatic heterocycles. The topological polar surface area (TPSA) is 67.4 Å². The fraction of sp³-hybridized carbons (Fsp3) is 0.300. The minimum absolute atomic E-state index is 0.302. The number of amides is 2. The summed E-state index contributed by atoms with van der Waals surface area (Å²) in [5.74, 6) is -0.0234. The molecule has 0 spiro atoms. The third-order valence-electron chi connectivity index (χ3n) is 4.00. The van der Waals surface area contributed by atoms with E-state index in [1.54, 1.807) is 45.2 Å². The number of anilines is 1. The molecule has 5 nitrogen and oxygen atoms in total. The molecule has 2 N–H and O–H groups in total. The van der Waals surface area contributed by atoms with Gasteiger partial charge in [0.25, 0.3) is 0 Å². The van der Waals surface area contributed by atoms with Crippen LogP contribution in [0.5, 0.6) is 5.75 Å². The average molecular weight is 340 g/mol. The Morgan fingerprint density at radius 3 is 2.40 bits per heavy atom. The van der Waals surface area contributed by atoms with Gasteiger partial charge in [-0.2, -0.15) is 0 Å². The predicted octanol–water partition coefficient (Wildman–Crippen LogP) is 3.02. The largest absolute Gasteiger partial charge is 0.497 e. The van der Waals surface area contributed by atoms with Crippen molar-refractivity contribution in [1.29, 1.82) is 0 Å². The molecule has 0 heterocycles. The minimum Gasteiger partial charge on any atom is -0.497 e. The summed E-state index contributed by atoms with van der Waals surface area (Å²) in [6.45, 7) is 3.71. The van der Waals surface area contributed by atoms with Crippen LogP contribution in [-0.2, 0) is 16.0 Å². The lowest BCUT2D eigenvalue weighted by molar-refractivity contribution is -0.138. The summed E-state index contributed by atoms with van der Waals surface area (Å²) in [5, 5.41) is 5.60. The standard InChI is InChI=1S/C20H24N2O3/c1-20(2,18(23)21-13-12-15-8-5-4-6-9-15)19(24)22-16-10-7-11-17(14-16)25-3/h4-11,14H,12-13H2,1-3H3,(H,21,23)(H,22,24). The highest BCUT2D eigenvalue weighted by Crippen LogP contribution is 2.21. The van der Waals surface area contributed by atoms with Gasteiger partial charge < -0.3 is 15.4 Å². The molecule has 2 amide bonds. The first-order chi connectivity index (χ1) is 11.9. The Hall–Kier alpha value is -2.82. The molecule has 2 aromatic carbocycles. The maximum atomic E-state index is 12.5. The molecular formula is C20H24N2O3. The van der Waals surface area contributed by atoms with E-state index in [0.717, 1.165) is 12.0 Å². The summed E-state index contributed by atoms with van der Waals surface area (Å²) >= 11 is 0. The van der Waals surface area contributed by atoms with E-state index in [4.69, 9.17) is 4.74 Å². The molecule has 25 heavy (non-hydrogen) atoms. The highest BCUT2D eigenvalue weighted by Gasteiger charge is 2.35. The van der Waals surface area contributed by atoms with Crippen molar-refractivity contribution in [3.63, 3.8) is 0 Å². The lowest BCUT2D eigenvalue weighted by Gasteiger charge is -2.23. The molecule has 0 fully saturated rings. The van der Waals surface area contributed by atoms with Crippen LogP contribution >= 0.6 is 0 Å².